The van der Waals surface area contributed by atoms with E-state index in [-0.39, 0.29) is 18.0 Å². The number of aromatic nitrogens is 4. The Morgan fingerprint density at radius 2 is 2.06 bits per heavy atom. The molecule has 2 aromatic rings. The average Bonchev–Trinajstić information content (AvgIpc) is 2.83. The van der Waals surface area contributed by atoms with E-state index in [9.17, 15) is 9.59 Å². The highest BCUT2D eigenvalue weighted by Gasteiger charge is 2.19. The van der Waals surface area contributed by atoms with Crippen molar-refractivity contribution < 1.29 is 9.59 Å². The van der Waals surface area contributed by atoms with Crippen LogP contribution in [0.3, 0.4) is 0 Å². The molecule has 2 rings (SSSR count). The van der Waals surface area contributed by atoms with Crippen molar-refractivity contribution in [1.82, 2.24) is 19.5 Å². The van der Waals surface area contributed by atoms with Gasteiger partial charge in [0.05, 0.1) is 6.33 Å². The highest BCUT2D eigenvalue weighted by Crippen LogP contribution is 2.23. The van der Waals surface area contributed by atoms with Gasteiger partial charge >= 0.3 is 0 Å². The minimum absolute atomic E-state index is 0.124. The monoisotopic (exact) mass is 246 g/mol. The topological polar surface area (TPSA) is 77.7 Å². The van der Waals surface area contributed by atoms with Gasteiger partial charge in [-0.3, -0.25) is 9.59 Å². The fraction of sp³-hybridized carbons (Fsp3) is 0.417. The molecule has 0 spiro atoms. The van der Waals surface area contributed by atoms with E-state index in [4.69, 9.17) is 0 Å². The molecule has 6 nitrogen and oxygen atoms in total. The van der Waals surface area contributed by atoms with Gasteiger partial charge in [0, 0.05) is 6.04 Å². The van der Waals surface area contributed by atoms with Crippen molar-refractivity contribution in [1.29, 1.82) is 0 Å². The smallest absolute Gasteiger partial charge is 0.246 e. The van der Waals surface area contributed by atoms with Crippen molar-refractivity contribution in [3.05, 3.63) is 18.3 Å². The first-order chi connectivity index (χ1) is 8.72. The Bertz CT molecular complexity index is 587. The summed E-state index contributed by atoms with van der Waals surface area (Å²) in [6.07, 6.45) is 4.99. The molecule has 18 heavy (non-hydrogen) atoms. The second-order valence-electron chi connectivity index (χ2n) is 4.00. The van der Waals surface area contributed by atoms with Crippen molar-refractivity contribution in [3.63, 3.8) is 0 Å². The zero-order valence-corrected chi connectivity index (χ0v) is 10.3. The third-order valence-electron chi connectivity index (χ3n) is 3.04. The summed E-state index contributed by atoms with van der Waals surface area (Å²) < 4.78 is 1.88. The van der Waals surface area contributed by atoms with Crippen molar-refractivity contribution in [3.8, 4) is 0 Å². The van der Waals surface area contributed by atoms with Gasteiger partial charge in [-0.05, 0) is 12.8 Å². The lowest BCUT2D eigenvalue weighted by Gasteiger charge is -2.15. The molecule has 0 fully saturated rings. The number of Topliss-reactive ketones (excluding diaryl/α,β-unsaturated/α-hetero) is 1. The molecule has 0 amide bonds. The fourth-order valence-corrected chi connectivity index (χ4v) is 2.07. The van der Waals surface area contributed by atoms with Gasteiger partial charge in [0.25, 0.3) is 0 Å². The lowest BCUT2D eigenvalue weighted by atomic mass is 10.1. The first-order valence-corrected chi connectivity index (χ1v) is 5.89. The molecule has 0 N–H and O–H groups in total. The summed E-state index contributed by atoms with van der Waals surface area (Å²) in [5.41, 5.74) is 1.12. The summed E-state index contributed by atoms with van der Waals surface area (Å²) in [4.78, 5) is 34.3. The molecular formula is C12H14N4O2. The molecule has 2 aromatic heterocycles. The standard InChI is InChI=1S/C12H14N4O2/c1-3-8(4-2)16-7-15-12-11(16)10(9(18)5-17)13-6-14-12/h5-8H,3-4H2,1-2H3. The van der Waals surface area contributed by atoms with Gasteiger partial charge < -0.3 is 4.57 Å². The summed E-state index contributed by atoms with van der Waals surface area (Å²) in [6.45, 7) is 4.12. The first kappa shape index (κ1) is 12.3. The minimum atomic E-state index is -0.643. The van der Waals surface area contributed by atoms with Crippen molar-refractivity contribution in [2.75, 3.05) is 0 Å². The number of carbonyl (C=O) groups excluding carboxylic acids is 2. The molecule has 94 valence electrons. The van der Waals surface area contributed by atoms with E-state index in [2.05, 4.69) is 28.8 Å². The van der Waals surface area contributed by atoms with Crippen LogP contribution in [0.1, 0.15) is 43.2 Å². The highest BCUT2D eigenvalue weighted by molar-refractivity contribution is 6.35. The number of nitrogens with zero attached hydrogens (tertiary/aromatic N) is 4. The fourth-order valence-electron chi connectivity index (χ4n) is 2.07. The van der Waals surface area contributed by atoms with E-state index in [0.29, 0.717) is 11.2 Å². The molecule has 0 saturated heterocycles. The van der Waals surface area contributed by atoms with Gasteiger partial charge in [-0.2, -0.15) is 0 Å². The lowest BCUT2D eigenvalue weighted by molar-refractivity contribution is -0.104. The average molecular weight is 246 g/mol. The van der Waals surface area contributed by atoms with Gasteiger partial charge in [-0.15, -0.1) is 0 Å². The molecule has 0 aromatic carbocycles. The largest absolute Gasteiger partial charge is 0.324 e. The van der Waals surface area contributed by atoms with Crippen molar-refractivity contribution in [2.24, 2.45) is 0 Å². The molecule has 6 heteroatoms. The second-order valence-corrected chi connectivity index (χ2v) is 4.00. The normalized spacial score (nSPS) is 11.1. The van der Waals surface area contributed by atoms with Crippen LogP contribution in [0.25, 0.3) is 11.2 Å². The van der Waals surface area contributed by atoms with E-state index >= 15 is 0 Å². The Morgan fingerprint density at radius 3 is 2.67 bits per heavy atom. The predicted molar refractivity (Wildman–Crippen MR) is 65.3 cm³/mol. The number of rotatable bonds is 5. The van der Waals surface area contributed by atoms with Gasteiger partial charge in [0.1, 0.15) is 17.5 Å². The Balaban J connectivity index is 2.69. The summed E-state index contributed by atoms with van der Waals surface area (Å²) >= 11 is 0. The molecule has 0 bridgehead atoms. The molecule has 0 aliphatic rings. The second kappa shape index (κ2) is 5.03. The summed E-state index contributed by atoms with van der Waals surface area (Å²) in [6, 6.07) is 0.221. The molecule has 2 heterocycles. The van der Waals surface area contributed by atoms with Crippen LogP contribution in [-0.4, -0.2) is 31.6 Å². The maximum Gasteiger partial charge on any atom is 0.246 e. The summed E-state index contributed by atoms with van der Waals surface area (Å²) in [5, 5.41) is 0. The lowest BCUT2D eigenvalue weighted by Crippen LogP contribution is -2.11. The Labute approximate surface area is 104 Å². The van der Waals surface area contributed by atoms with Crippen LogP contribution in [0.2, 0.25) is 0 Å². The molecule has 0 saturated carbocycles. The highest BCUT2D eigenvalue weighted by atomic mass is 16.2. The first-order valence-electron chi connectivity index (χ1n) is 5.89. The number of hydrogen-bond donors (Lipinski definition) is 0. The quantitative estimate of drug-likeness (QED) is 0.454. The molecular weight excluding hydrogens is 232 g/mol. The number of imidazole rings is 1. The third kappa shape index (κ3) is 1.90. The number of fused-ring (bicyclic) bond motifs is 1. The van der Waals surface area contributed by atoms with Crippen LogP contribution in [0.15, 0.2) is 12.7 Å². The molecule has 0 aliphatic heterocycles. The third-order valence-corrected chi connectivity index (χ3v) is 3.04. The van der Waals surface area contributed by atoms with E-state index in [1.54, 1.807) is 6.33 Å². The number of carbonyl (C=O) groups is 2. The number of aldehydes is 1. The molecule has 0 aliphatic carbocycles. The van der Waals surface area contributed by atoms with Gasteiger partial charge in [0.2, 0.25) is 5.78 Å². The Kier molecular flexibility index (Phi) is 3.45. The summed E-state index contributed by atoms with van der Waals surface area (Å²) in [7, 11) is 0. The van der Waals surface area contributed by atoms with Crippen LogP contribution in [0.4, 0.5) is 0 Å². The van der Waals surface area contributed by atoms with Crippen LogP contribution in [0, 0.1) is 0 Å². The van der Waals surface area contributed by atoms with E-state index < -0.39 is 5.78 Å². The van der Waals surface area contributed by atoms with Crippen LogP contribution in [0.5, 0.6) is 0 Å². The maximum absolute atomic E-state index is 11.6. The van der Waals surface area contributed by atoms with Crippen LogP contribution >= 0.6 is 0 Å². The number of hydrogen-bond acceptors (Lipinski definition) is 5. The van der Waals surface area contributed by atoms with E-state index in [0.717, 1.165) is 12.8 Å². The SMILES string of the molecule is CCC(CC)n1cnc2ncnc(C(=O)C=O)c21. The maximum atomic E-state index is 11.6. The molecule has 0 unspecified atom stereocenters. The van der Waals surface area contributed by atoms with E-state index in [1.165, 1.54) is 6.33 Å². The van der Waals surface area contributed by atoms with Gasteiger partial charge in [-0.1, -0.05) is 13.8 Å². The Hall–Kier alpha value is -2.11. The van der Waals surface area contributed by atoms with Gasteiger partial charge in [0.15, 0.2) is 11.9 Å². The zero-order valence-electron chi connectivity index (χ0n) is 10.3. The van der Waals surface area contributed by atoms with Crippen LogP contribution in [-0.2, 0) is 4.79 Å². The van der Waals surface area contributed by atoms with E-state index in [1.807, 2.05) is 4.57 Å². The summed E-state index contributed by atoms with van der Waals surface area (Å²) in [5.74, 6) is -0.643. The zero-order chi connectivity index (χ0) is 13.1. The molecule has 0 radical (unpaired) electrons. The number of ketones is 1. The Morgan fingerprint density at radius 1 is 1.33 bits per heavy atom. The predicted octanol–water partition coefficient (Wildman–Crippen LogP) is 1.57. The molecule has 0 atom stereocenters. The van der Waals surface area contributed by atoms with Crippen molar-refractivity contribution >= 4 is 23.2 Å². The van der Waals surface area contributed by atoms with Crippen LogP contribution < -0.4 is 0 Å². The van der Waals surface area contributed by atoms with Crippen molar-refractivity contribution in [2.45, 2.75) is 32.7 Å². The minimum Gasteiger partial charge on any atom is -0.324 e. The van der Waals surface area contributed by atoms with Gasteiger partial charge in [-0.25, -0.2) is 15.0 Å².